The van der Waals surface area contributed by atoms with Crippen molar-refractivity contribution in [1.29, 1.82) is 0 Å². The van der Waals surface area contributed by atoms with E-state index >= 15 is 0 Å². The third-order valence-corrected chi connectivity index (χ3v) is 7.70. The van der Waals surface area contributed by atoms with E-state index < -0.39 is 15.9 Å². The number of benzene rings is 3. The fourth-order valence-electron chi connectivity index (χ4n) is 3.66. The Morgan fingerprint density at radius 3 is 2.42 bits per heavy atom. The summed E-state index contributed by atoms with van der Waals surface area (Å²) in [5.74, 6) is 0.561. The predicted molar refractivity (Wildman–Crippen MR) is 149 cm³/mol. The molecule has 0 spiro atoms. The number of nitrogens with zero attached hydrogens (tertiary/aromatic N) is 2. The summed E-state index contributed by atoms with van der Waals surface area (Å²) in [6.07, 6.45) is 2.54. The zero-order chi connectivity index (χ0) is 27.3. The molecule has 0 aliphatic heterocycles. The Balaban J connectivity index is 1.47. The van der Waals surface area contributed by atoms with E-state index in [1.54, 1.807) is 23.6 Å². The van der Waals surface area contributed by atoms with E-state index in [-0.39, 0.29) is 10.0 Å². The van der Waals surface area contributed by atoms with Crippen molar-refractivity contribution in [3.05, 3.63) is 117 Å². The minimum absolute atomic E-state index is 0.00368. The number of aryl methyl sites for hydroxylation is 2. The summed E-state index contributed by atoms with van der Waals surface area (Å²) < 4.78 is 34.6. The highest BCUT2D eigenvalue weighted by Gasteiger charge is 2.17. The lowest BCUT2D eigenvalue weighted by atomic mass is 10.1. The first-order chi connectivity index (χ1) is 18.1. The third kappa shape index (κ3) is 6.83. The van der Waals surface area contributed by atoms with Crippen LogP contribution in [-0.2, 0) is 28.0 Å². The molecule has 1 amide bonds. The van der Waals surface area contributed by atoms with Crippen LogP contribution in [0.3, 0.4) is 0 Å². The van der Waals surface area contributed by atoms with Gasteiger partial charge in [-0.05, 0) is 61.4 Å². The maximum Gasteiger partial charge on any atom is 0.264 e. The molecule has 4 aromatic rings. The maximum atomic E-state index is 12.5. The van der Waals surface area contributed by atoms with E-state index in [2.05, 4.69) is 4.98 Å². The molecule has 0 radical (unpaired) electrons. The van der Waals surface area contributed by atoms with Crippen LogP contribution in [0.4, 0.5) is 0 Å². The third-order valence-electron chi connectivity index (χ3n) is 5.71. The minimum atomic E-state index is -4.01. The van der Waals surface area contributed by atoms with Gasteiger partial charge in [0, 0.05) is 11.1 Å². The summed E-state index contributed by atoms with van der Waals surface area (Å²) >= 11 is 12.9. The van der Waals surface area contributed by atoms with Crippen LogP contribution in [0.1, 0.15) is 28.2 Å². The lowest BCUT2D eigenvalue weighted by Crippen LogP contribution is -2.29. The van der Waals surface area contributed by atoms with Crippen molar-refractivity contribution < 1.29 is 17.9 Å². The predicted octanol–water partition coefficient (Wildman–Crippen LogP) is 5.95. The van der Waals surface area contributed by atoms with Crippen LogP contribution < -0.4 is 9.46 Å². The fourth-order valence-corrected chi connectivity index (χ4v) is 5.16. The molecule has 3 aromatic carbocycles. The fraction of sp³-hybridized carbons (Fsp3) is 0.143. The molecule has 1 N–H and O–H groups in total. The molecule has 0 aliphatic rings. The topological polar surface area (TPSA) is 90.3 Å². The van der Waals surface area contributed by atoms with E-state index in [9.17, 15) is 13.2 Å². The first-order valence-electron chi connectivity index (χ1n) is 11.6. The summed E-state index contributed by atoms with van der Waals surface area (Å²) in [6, 6.07) is 21.4. The number of halogens is 2. The quantitative estimate of drug-likeness (QED) is 0.251. The van der Waals surface area contributed by atoms with Crippen LogP contribution in [0.2, 0.25) is 10.2 Å². The second-order valence-electron chi connectivity index (χ2n) is 8.56. The Labute approximate surface area is 231 Å². The monoisotopic (exact) mass is 569 g/mol. The number of rotatable bonds is 9. The van der Waals surface area contributed by atoms with Crippen LogP contribution in [0.15, 0.2) is 83.8 Å². The van der Waals surface area contributed by atoms with Gasteiger partial charge in [-0.1, -0.05) is 71.2 Å². The van der Waals surface area contributed by atoms with Crippen molar-refractivity contribution in [2.75, 3.05) is 0 Å². The standard InChI is InChI=1S/C28H25Cl2N3O4S/c1-19-8-12-24(13-9-19)38(35,36)32-27(34)15-14-26-28(30)31-20(2)33(26)17-22-11-10-21(16-25(22)29)18-37-23-6-4-3-5-7-23/h3-16H,17-18H2,1-2H3,(H,32,34)/b15-14+. The second-order valence-corrected chi connectivity index (χ2v) is 11.0. The highest BCUT2D eigenvalue weighted by atomic mass is 35.5. The normalized spacial score (nSPS) is 11.6. The summed E-state index contributed by atoms with van der Waals surface area (Å²) in [4.78, 5) is 16.7. The molecular weight excluding hydrogens is 545 g/mol. The highest BCUT2D eigenvalue weighted by Crippen LogP contribution is 2.25. The number of ether oxygens (including phenoxy) is 1. The zero-order valence-electron chi connectivity index (χ0n) is 20.7. The molecule has 0 unspecified atom stereocenters. The number of hydrogen-bond donors (Lipinski definition) is 1. The molecule has 1 aromatic heterocycles. The average molecular weight is 570 g/mol. The van der Waals surface area contributed by atoms with Gasteiger partial charge in [-0.2, -0.15) is 0 Å². The SMILES string of the molecule is Cc1ccc(S(=O)(=O)NC(=O)/C=C/c2c(Cl)nc(C)n2Cc2ccc(COc3ccccc3)cc2Cl)cc1. The number of sulfonamides is 1. The van der Waals surface area contributed by atoms with Crippen molar-refractivity contribution in [3.8, 4) is 5.75 Å². The number of hydrogen-bond acceptors (Lipinski definition) is 5. The van der Waals surface area contributed by atoms with Crippen molar-refractivity contribution in [1.82, 2.24) is 14.3 Å². The number of aromatic nitrogens is 2. The summed E-state index contributed by atoms with van der Waals surface area (Å²) in [7, 11) is -4.01. The molecule has 1 heterocycles. The number of nitrogens with one attached hydrogen (secondary N) is 1. The lowest BCUT2D eigenvalue weighted by molar-refractivity contribution is -0.114. The highest BCUT2D eigenvalue weighted by molar-refractivity contribution is 7.90. The minimum Gasteiger partial charge on any atom is -0.489 e. The molecular formula is C28H25Cl2N3O4S. The van der Waals surface area contributed by atoms with E-state index in [0.717, 1.165) is 28.5 Å². The van der Waals surface area contributed by atoms with Gasteiger partial charge in [-0.15, -0.1) is 0 Å². The molecule has 0 fully saturated rings. The van der Waals surface area contributed by atoms with Gasteiger partial charge in [0.15, 0.2) is 5.15 Å². The van der Waals surface area contributed by atoms with E-state index in [1.807, 2.05) is 60.2 Å². The average Bonchev–Trinajstić information content (AvgIpc) is 3.15. The molecule has 10 heteroatoms. The summed E-state index contributed by atoms with van der Waals surface area (Å²) in [5, 5.41) is 0.720. The molecule has 4 rings (SSSR count). The zero-order valence-corrected chi connectivity index (χ0v) is 23.0. The molecule has 0 saturated carbocycles. The van der Waals surface area contributed by atoms with Crippen LogP contribution in [-0.4, -0.2) is 23.9 Å². The van der Waals surface area contributed by atoms with Crippen LogP contribution in [0, 0.1) is 13.8 Å². The molecule has 0 atom stereocenters. The van der Waals surface area contributed by atoms with E-state index in [0.29, 0.717) is 29.7 Å². The lowest BCUT2D eigenvalue weighted by Gasteiger charge is -2.12. The van der Waals surface area contributed by atoms with E-state index in [4.69, 9.17) is 27.9 Å². The van der Waals surface area contributed by atoms with Crippen molar-refractivity contribution in [3.63, 3.8) is 0 Å². The van der Waals surface area contributed by atoms with Crippen LogP contribution in [0.25, 0.3) is 6.08 Å². The van der Waals surface area contributed by atoms with Gasteiger partial charge < -0.3 is 9.30 Å². The number of amides is 1. The molecule has 196 valence electrons. The summed E-state index contributed by atoms with van der Waals surface area (Å²) in [6.45, 7) is 4.33. The summed E-state index contributed by atoms with van der Waals surface area (Å²) in [5.41, 5.74) is 3.08. The Morgan fingerprint density at radius 1 is 1.03 bits per heavy atom. The van der Waals surface area contributed by atoms with Gasteiger partial charge in [0.2, 0.25) is 0 Å². The first kappa shape index (κ1) is 27.4. The van der Waals surface area contributed by atoms with Gasteiger partial charge in [0.25, 0.3) is 15.9 Å². The number of carbonyl (C=O) groups is 1. The van der Waals surface area contributed by atoms with E-state index in [1.165, 1.54) is 18.2 Å². The molecule has 0 bridgehead atoms. The number of carbonyl (C=O) groups excluding carboxylic acids is 1. The van der Waals surface area contributed by atoms with Crippen LogP contribution >= 0.6 is 23.2 Å². The van der Waals surface area contributed by atoms with Gasteiger partial charge in [0.05, 0.1) is 17.1 Å². The first-order valence-corrected chi connectivity index (χ1v) is 13.9. The molecule has 0 aliphatic carbocycles. The Kier molecular flexibility index (Phi) is 8.56. The molecule has 7 nitrogen and oxygen atoms in total. The largest absolute Gasteiger partial charge is 0.489 e. The van der Waals surface area contributed by atoms with Crippen molar-refractivity contribution in [2.24, 2.45) is 0 Å². The Morgan fingerprint density at radius 2 is 1.74 bits per heavy atom. The van der Waals surface area contributed by atoms with Gasteiger partial charge >= 0.3 is 0 Å². The van der Waals surface area contributed by atoms with Crippen molar-refractivity contribution >= 4 is 45.2 Å². The number of imidazole rings is 1. The number of para-hydroxylation sites is 1. The molecule has 0 saturated heterocycles. The second kappa shape index (κ2) is 11.9. The van der Waals surface area contributed by atoms with Gasteiger partial charge in [-0.3, -0.25) is 4.79 Å². The Hall–Kier alpha value is -3.59. The Bertz CT molecular complexity index is 1580. The molecule has 38 heavy (non-hydrogen) atoms. The maximum absolute atomic E-state index is 12.5. The van der Waals surface area contributed by atoms with Gasteiger partial charge in [-0.25, -0.2) is 18.1 Å². The van der Waals surface area contributed by atoms with Crippen LogP contribution in [0.5, 0.6) is 5.75 Å². The van der Waals surface area contributed by atoms with Gasteiger partial charge in [0.1, 0.15) is 18.2 Å². The van der Waals surface area contributed by atoms with Crippen molar-refractivity contribution in [2.45, 2.75) is 31.9 Å². The smallest absolute Gasteiger partial charge is 0.264 e.